The molecule has 0 spiro atoms. The molecule has 140 valence electrons. The average Bonchev–Trinajstić information content (AvgIpc) is 3.23. The topological polar surface area (TPSA) is 81.5 Å². The molecule has 7 nitrogen and oxygen atoms in total. The largest absolute Gasteiger partial charge is 0.461 e. The van der Waals surface area contributed by atoms with E-state index < -0.39 is 17.8 Å². The van der Waals surface area contributed by atoms with Gasteiger partial charge in [0, 0.05) is 5.02 Å². The second-order valence-corrected chi connectivity index (χ2v) is 6.43. The van der Waals surface area contributed by atoms with Crippen LogP contribution in [-0.2, 0) is 4.74 Å². The van der Waals surface area contributed by atoms with Crippen molar-refractivity contribution in [3.05, 3.63) is 76.6 Å². The van der Waals surface area contributed by atoms with Crippen LogP contribution in [0.4, 0.5) is 5.69 Å². The maximum absolute atomic E-state index is 12.8. The van der Waals surface area contributed by atoms with Crippen LogP contribution in [0.1, 0.15) is 38.1 Å². The van der Waals surface area contributed by atoms with Gasteiger partial charge in [-0.15, -0.1) is 0 Å². The zero-order valence-electron chi connectivity index (χ0n) is 14.8. The van der Waals surface area contributed by atoms with E-state index >= 15 is 0 Å². The highest BCUT2D eigenvalue weighted by Crippen LogP contribution is 2.31. The molecule has 2 aromatic carbocycles. The molecule has 2 amide bonds. The Hall–Kier alpha value is -3.45. The molecule has 1 aliphatic rings. The average molecular weight is 396 g/mol. The number of halogens is 1. The number of carbonyl (C=O) groups is 3. The molecule has 8 heteroatoms. The molecule has 0 saturated heterocycles. The number of ether oxygens (including phenoxy) is 1. The summed E-state index contributed by atoms with van der Waals surface area (Å²) in [6.07, 6.45) is 1.46. The van der Waals surface area contributed by atoms with E-state index in [1.165, 1.54) is 10.9 Å². The first-order chi connectivity index (χ1) is 13.5. The van der Waals surface area contributed by atoms with E-state index in [2.05, 4.69) is 5.10 Å². The summed E-state index contributed by atoms with van der Waals surface area (Å²) >= 11 is 5.92. The maximum Gasteiger partial charge on any atom is 0.361 e. The van der Waals surface area contributed by atoms with Crippen LogP contribution >= 0.6 is 11.6 Å². The first-order valence-electron chi connectivity index (χ1n) is 8.51. The normalized spacial score (nSPS) is 13.0. The van der Waals surface area contributed by atoms with Crippen molar-refractivity contribution < 1.29 is 19.1 Å². The number of benzene rings is 2. The third-order valence-electron chi connectivity index (χ3n) is 4.29. The van der Waals surface area contributed by atoms with Gasteiger partial charge in [0.1, 0.15) is 5.69 Å². The van der Waals surface area contributed by atoms with Gasteiger partial charge in [-0.1, -0.05) is 23.7 Å². The van der Waals surface area contributed by atoms with Crippen molar-refractivity contribution in [2.45, 2.75) is 6.92 Å². The molecule has 0 atom stereocenters. The van der Waals surface area contributed by atoms with Crippen LogP contribution in [0.15, 0.2) is 54.7 Å². The number of fused-ring (bicyclic) bond motifs is 1. The van der Waals surface area contributed by atoms with Crippen molar-refractivity contribution in [2.75, 3.05) is 11.5 Å². The number of esters is 1. The van der Waals surface area contributed by atoms with E-state index in [1.54, 1.807) is 55.5 Å². The number of amides is 2. The molecule has 0 saturated carbocycles. The Labute approximate surface area is 165 Å². The molecule has 3 aromatic rings. The molecule has 28 heavy (non-hydrogen) atoms. The van der Waals surface area contributed by atoms with E-state index in [4.69, 9.17) is 16.3 Å². The number of hydrogen-bond donors (Lipinski definition) is 0. The standard InChI is InChI=1S/C20H14ClN3O4/c1-2-28-20(27)17-16(11-23(22-17)13-9-7-12(21)8-10-13)24-18(25)14-5-3-4-6-15(14)19(24)26/h3-11H,2H2,1H3. The highest BCUT2D eigenvalue weighted by atomic mass is 35.5. The molecule has 0 radical (unpaired) electrons. The van der Waals surface area contributed by atoms with Crippen LogP contribution in [0.3, 0.4) is 0 Å². The number of rotatable bonds is 4. The summed E-state index contributed by atoms with van der Waals surface area (Å²) in [6, 6.07) is 13.3. The minimum atomic E-state index is -0.721. The van der Waals surface area contributed by atoms with Gasteiger partial charge < -0.3 is 4.74 Å². The number of nitrogens with zero attached hydrogens (tertiary/aromatic N) is 3. The van der Waals surface area contributed by atoms with Crippen molar-refractivity contribution in [3.63, 3.8) is 0 Å². The lowest BCUT2D eigenvalue weighted by Crippen LogP contribution is -2.30. The molecule has 1 aromatic heterocycles. The van der Waals surface area contributed by atoms with Crippen LogP contribution in [0.25, 0.3) is 5.69 Å². The summed E-state index contributed by atoms with van der Waals surface area (Å²) in [5.41, 5.74) is 1.12. The van der Waals surface area contributed by atoms with Crippen LogP contribution < -0.4 is 4.90 Å². The summed E-state index contributed by atoms with van der Waals surface area (Å²) < 4.78 is 6.46. The van der Waals surface area contributed by atoms with Gasteiger partial charge in [-0.2, -0.15) is 5.10 Å². The predicted molar refractivity (Wildman–Crippen MR) is 102 cm³/mol. The molecule has 2 heterocycles. The van der Waals surface area contributed by atoms with Crippen molar-refractivity contribution >= 4 is 35.1 Å². The Morgan fingerprint density at radius 2 is 1.64 bits per heavy atom. The van der Waals surface area contributed by atoms with Crippen molar-refractivity contribution in [1.29, 1.82) is 0 Å². The molecule has 0 fully saturated rings. The molecule has 0 aliphatic carbocycles. The van der Waals surface area contributed by atoms with Gasteiger partial charge in [-0.05, 0) is 43.3 Å². The quantitative estimate of drug-likeness (QED) is 0.499. The highest BCUT2D eigenvalue weighted by Gasteiger charge is 2.39. The monoisotopic (exact) mass is 395 g/mol. The Morgan fingerprint density at radius 1 is 1.04 bits per heavy atom. The van der Waals surface area contributed by atoms with Gasteiger partial charge in [0.25, 0.3) is 11.8 Å². The number of aromatic nitrogens is 2. The maximum atomic E-state index is 12.8. The zero-order chi connectivity index (χ0) is 19.8. The van der Waals surface area contributed by atoms with E-state index in [9.17, 15) is 14.4 Å². The Morgan fingerprint density at radius 3 is 2.21 bits per heavy atom. The van der Waals surface area contributed by atoms with Crippen molar-refractivity contribution in [1.82, 2.24) is 9.78 Å². The lowest BCUT2D eigenvalue weighted by atomic mass is 10.1. The molecule has 4 rings (SSSR count). The predicted octanol–water partition coefficient (Wildman–Crippen LogP) is 3.50. The summed E-state index contributed by atoms with van der Waals surface area (Å²) in [5, 5.41) is 4.80. The molecule has 0 N–H and O–H groups in total. The van der Waals surface area contributed by atoms with Crippen LogP contribution in [0.2, 0.25) is 5.02 Å². The van der Waals surface area contributed by atoms with E-state index in [0.717, 1.165) is 4.90 Å². The Kier molecular flexibility index (Phi) is 4.44. The third-order valence-corrected chi connectivity index (χ3v) is 4.54. The van der Waals surface area contributed by atoms with Gasteiger partial charge in [0.2, 0.25) is 0 Å². The smallest absolute Gasteiger partial charge is 0.361 e. The Bertz CT molecular complexity index is 1070. The summed E-state index contributed by atoms with van der Waals surface area (Å²) in [7, 11) is 0. The Balaban J connectivity index is 1.84. The van der Waals surface area contributed by atoms with Gasteiger partial charge >= 0.3 is 5.97 Å². The van der Waals surface area contributed by atoms with Crippen LogP contribution in [-0.4, -0.2) is 34.2 Å². The second kappa shape index (κ2) is 6.94. The molecule has 0 unspecified atom stereocenters. The van der Waals surface area contributed by atoms with E-state index in [0.29, 0.717) is 10.7 Å². The molecular weight excluding hydrogens is 382 g/mol. The number of carbonyl (C=O) groups excluding carboxylic acids is 3. The fourth-order valence-corrected chi connectivity index (χ4v) is 3.13. The fourth-order valence-electron chi connectivity index (χ4n) is 3.01. The van der Waals surface area contributed by atoms with Crippen LogP contribution in [0, 0.1) is 0 Å². The van der Waals surface area contributed by atoms with Gasteiger partial charge in [-0.3, -0.25) is 9.59 Å². The molecule has 1 aliphatic heterocycles. The first kappa shape index (κ1) is 17.9. The van der Waals surface area contributed by atoms with Crippen molar-refractivity contribution in [3.8, 4) is 5.69 Å². The SMILES string of the molecule is CCOC(=O)c1nn(-c2ccc(Cl)cc2)cc1N1C(=O)c2ccccc2C1=O. The zero-order valence-corrected chi connectivity index (χ0v) is 15.5. The summed E-state index contributed by atoms with van der Waals surface area (Å²) in [6.45, 7) is 1.80. The lowest BCUT2D eigenvalue weighted by molar-refractivity contribution is 0.0520. The van der Waals surface area contributed by atoms with Crippen LogP contribution in [0.5, 0.6) is 0 Å². The number of imide groups is 1. The highest BCUT2D eigenvalue weighted by molar-refractivity contribution is 6.35. The summed E-state index contributed by atoms with van der Waals surface area (Å²) in [4.78, 5) is 39.1. The first-order valence-corrected chi connectivity index (χ1v) is 8.89. The van der Waals surface area contributed by atoms with Crippen molar-refractivity contribution in [2.24, 2.45) is 0 Å². The molecular formula is C20H14ClN3O4. The van der Waals surface area contributed by atoms with Gasteiger partial charge in [0.15, 0.2) is 5.69 Å². The van der Waals surface area contributed by atoms with Gasteiger partial charge in [-0.25, -0.2) is 14.4 Å². The molecule has 0 bridgehead atoms. The fraction of sp³-hybridized carbons (Fsp3) is 0.100. The number of hydrogen-bond acceptors (Lipinski definition) is 5. The lowest BCUT2D eigenvalue weighted by Gasteiger charge is -2.12. The number of anilines is 1. The third kappa shape index (κ3) is 2.86. The summed E-state index contributed by atoms with van der Waals surface area (Å²) in [5.74, 6) is -1.75. The van der Waals surface area contributed by atoms with E-state index in [1.807, 2.05) is 0 Å². The van der Waals surface area contributed by atoms with Gasteiger partial charge in [0.05, 0.1) is 29.6 Å². The minimum absolute atomic E-state index is 0.0691. The van der Waals surface area contributed by atoms with E-state index in [-0.39, 0.29) is 29.1 Å². The second-order valence-electron chi connectivity index (χ2n) is 6.00. The minimum Gasteiger partial charge on any atom is -0.461 e.